The van der Waals surface area contributed by atoms with Crippen LogP contribution in [0.5, 0.6) is 0 Å². The van der Waals surface area contributed by atoms with Crippen LogP contribution in [-0.4, -0.2) is 15.7 Å². The van der Waals surface area contributed by atoms with Crippen LogP contribution >= 0.6 is 11.6 Å². The molecule has 0 spiro atoms. The Morgan fingerprint density at radius 1 is 1.31 bits per heavy atom. The van der Waals surface area contributed by atoms with Gasteiger partial charge in [-0.25, -0.2) is 9.97 Å². The standard InChI is InChI=1S/C9H8ClN3/c10-9-7-6(12-4-13-9)3-11-8(7)5-1-2-5/h4-5H,1-3H2. The lowest BCUT2D eigenvalue weighted by molar-refractivity contribution is 0.992. The van der Waals surface area contributed by atoms with E-state index < -0.39 is 0 Å². The number of halogens is 1. The highest BCUT2D eigenvalue weighted by atomic mass is 35.5. The van der Waals surface area contributed by atoms with Crippen LogP contribution in [0.15, 0.2) is 11.3 Å². The van der Waals surface area contributed by atoms with E-state index in [1.54, 1.807) is 0 Å². The van der Waals surface area contributed by atoms with Crippen LogP contribution in [0.1, 0.15) is 24.1 Å². The van der Waals surface area contributed by atoms with Gasteiger partial charge in [0, 0.05) is 5.92 Å². The summed E-state index contributed by atoms with van der Waals surface area (Å²) in [5.41, 5.74) is 3.13. The van der Waals surface area contributed by atoms with Crippen LogP contribution in [0.2, 0.25) is 5.15 Å². The summed E-state index contributed by atoms with van der Waals surface area (Å²) >= 11 is 6.00. The average Bonchev–Trinajstić information content (AvgIpc) is 2.87. The van der Waals surface area contributed by atoms with Crippen molar-refractivity contribution in [2.24, 2.45) is 10.9 Å². The molecule has 1 saturated carbocycles. The summed E-state index contributed by atoms with van der Waals surface area (Å²) in [6.45, 7) is 0.684. The van der Waals surface area contributed by atoms with E-state index in [-0.39, 0.29) is 0 Å². The highest BCUT2D eigenvalue weighted by Crippen LogP contribution is 2.38. The van der Waals surface area contributed by atoms with Gasteiger partial charge < -0.3 is 0 Å². The second-order valence-electron chi connectivity index (χ2n) is 3.46. The summed E-state index contributed by atoms with van der Waals surface area (Å²) in [7, 11) is 0. The zero-order valence-electron chi connectivity index (χ0n) is 7.00. The first-order valence-electron chi connectivity index (χ1n) is 4.40. The highest BCUT2D eigenvalue weighted by Gasteiger charge is 2.34. The van der Waals surface area contributed by atoms with Gasteiger partial charge in [-0.05, 0) is 12.8 Å². The minimum atomic E-state index is 0.563. The monoisotopic (exact) mass is 193 g/mol. The molecule has 1 aliphatic carbocycles. The van der Waals surface area contributed by atoms with E-state index in [4.69, 9.17) is 11.6 Å². The number of aliphatic imine (C=N–C) groups is 1. The van der Waals surface area contributed by atoms with Gasteiger partial charge in [-0.3, -0.25) is 4.99 Å². The molecular formula is C9H8ClN3. The number of fused-ring (bicyclic) bond motifs is 1. The van der Waals surface area contributed by atoms with Crippen molar-refractivity contribution < 1.29 is 0 Å². The topological polar surface area (TPSA) is 38.1 Å². The number of hydrogen-bond donors (Lipinski definition) is 0. The van der Waals surface area contributed by atoms with Gasteiger partial charge in [-0.15, -0.1) is 0 Å². The fourth-order valence-corrected chi connectivity index (χ4v) is 1.95. The minimum absolute atomic E-state index is 0.563. The molecule has 3 rings (SSSR count). The molecule has 0 unspecified atom stereocenters. The van der Waals surface area contributed by atoms with Gasteiger partial charge in [0.15, 0.2) is 0 Å². The SMILES string of the molecule is Clc1ncnc2c1C(C1CC1)=NC2. The Morgan fingerprint density at radius 3 is 2.92 bits per heavy atom. The lowest BCUT2D eigenvalue weighted by Crippen LogP contribution is -2.04. The zero-order valence-corrected chi connectivity index (χ0v) is 7.75. The molecule has 0 radical (unpaired) electrons. The molecule has 0 bridgehead atoms. The molecule has 1 aliphatic heterocycles. The normalized spacial score (nSPS) is 19.9. The van der Waals surface area contributed by atoms with Gasteiger partial charge in [-0.1, -0.05) is 11.6 Å². The van der Waals surface area contributed by atoms with Crippen molar-refractivity contribution >= 4 is 17.3 Å². The van der Waals surface area contributed by atoms with Crippen LogP contribution in [0.4, 0.5) is 0 Å². The van der Waals surface area contributed by atoms with Gasteiger partial charge in [0.25, 0.3) is 0 Å². The smallest absolute Gasteiger partial charge is 0.141 e. The fourth-order valence-electron chi connectivity index (χ4n) is 1.70. The van der Waals surface area contributed by atoms with E-state index in [0.717, 1.165) is 17.0 Å². The first kappa shape index (κ1) is 7.44. The maximum absolute atomic E-state index is 6.00. The third kappa shape index (κ3) is 1.07. The van der Waals surface area contributed by atoms with Crippen molar-refractivity contribution in [1.82, 2.24) is 9.97 Å². The molecule has 13 heavy (non-hydrogen) atoms. The lowest BCUT2D eigenvalue weighted by atomic mass is 10.1. The Morgan fingerprint density at radius 2 is 2.15 bits per heavy atom. The summed E-state index contributed by atoms with van der Waals surface area (Å²) in [5.74, 6) is 0.629. The summed E-state index contributed by atoms with van der Waals surface area (Å²) < 4.78 is 0. The van der Waals surface area contributed by atoms with Gasteiger partial charge in [0.05, 0.1) is 23.5 Å². The maximum atomic E-state index is 6.00. The minimum Gasteiger partial charge on any atom is -0.282 e. The van der Waals surface area contributed by atoms with E-state index in [2.05, 4.69) is 15.0 Å². The van der Waals surface area contributed by atoms with Gasteiger partial charge >= 0.3 is 0 Å². The van der Waals surface area contributed by atoms with E-state index in [1.807, 2.05) is 0 Å². The van der Waals surface area contributed by atoms with Crippen molar-refractivity contribution in [3.8, 4) is 0 Å². The van der Waals surface area contributed by atoms with Crippen LogP contribution in [0, 0.1) is 5.92 Å². The number of hydrogen-bond acceptors (Lipinski definition) is 3. The Hall–Kier alpha value is -0.960. The molecule has 0 atom stereocenters. The molecule has 0 saturated heterocycles. The van der Waals surface area contributed by atoms with E-state index >= 15 is 0 Å². The predicted octanol–water partition coefficient (Wildman–Crippen LogP) is 1.84. The van der Waals surface area contributed by atoms with Crippen molar-refractivity contribution in [3.05, 3.63) is 22.7 Å². The van der Waals surface area contributed by atoms with Crippen molar-refractivity contribution in [2.75, 3.05) is 0 Å². The van der Waals surface area contributed by atoms with Crippen molar-refractivity contribution in [2.45, 2.75) is 19.4 Å². The molecule has 4 heteroatoms. The molecule has 0 N–H and O–H groups in total. The van der Waals surface area contributed by atoms with Crippen molar-refractivity contribution in [3.63, 3.8) is 0 Å². The summed E-state index contributed by atoms with van der Waals surface area (Å²) in [5, 5.41) is 0.563. The Kier molecular flexibility index (Phi) is 1.44. The molecule has 1 fully saturated rings. The highest BCUT2D eigenvalue weighted by molar-refractivity contribution is 6.33. The van der Waals surface area contributed by atoms with Gasteiger partial charge in [-0.2, -0.15) is 0 Å². The molecule has 1 aromatic rings. The second kappa shape index (κ2) is 2.51. The summed E-state index contributed by atoms with van der Waals surface area (Å²) in [4.78, 5) is 12.6. The first-order valence-corrected chi connectivity index (χ1v) is 4.78. The Balaban J connectivity index is 2.14. The Bertz CT molecular complexity index is 396. The van der Waals surface area contributed by atoms with Crippen LogP contribution < -0.4 is 0 Å². The average molecular weight is 194 g/mol. The molecule has 3 nitrogen and oxygen atoms in total. The van der Waals surface area contributed by atoms with Crippen LogP contribution in [0.3, 0.4) is 0 Å². The molecule has 1 aromatic heterocycles. The maximum Gasteiger partial charge on any atom is 0.141 e. The zero-order chi connectivity index (χ0) is 8.84. The van der Waals surface area contributed by atoms with Crippen molar-refractivity contribution in [1.29, 1.82) is 0 Å². The van der Waals surface area contributed by atoms with Gasteiger partial charge in [0.2, 0.25) is 0 Å². The second-order valence-corrected chi connectivity index (χ2v) is 3.82. The van der Waals surface area contributed by atoms with Crippen LogP contribution in [-0.2, 0) is 6.54 Å². The van der Waals surface area contributed by atoms with Crippen LogP contribution in [0.25, 0.3) is 0 Å². The quantitative estimate of drug-likeness (QED) is 0.639. The summed E-state index contributed by atoms with van der Waals surface area (Å²) in [6, 6.07) is 0. The lowest BCUT2D eigenvalue weighted by Gasteiger charge is -2.01. The number of nitrogens with zero attached hydrogens (tertiary/aromatic N) is 3. The van der Waals surface area contributed by atoms with E-state index in [1.165, 1.54) is 19.2 Å². The number of aromatic nitrogens is 2. The largest absolute Gasteiger partial charge is 0.282 e. The molecule has 2 heterocycles. The molecule has 0 aromatic carbocycles. The summed E-state index contributed by atoms with van der Waals surface area (Å²) in [6.07, 6.45) is 3.99. The third-order valence-corrected chi connectivity index (χ3v) is 2.79. The predicted molar refractivity (Wildman–Crippen MR) is 50.0 cm³/mol. The van der Waals surface area contributed by atoms with E-state index in [9.17, 15) is 0 Å². The Labute approximate surface area is 80.9 Å². The molecule has 66 valence electrons. The number of rotatable bonds is 1. The first-order chi connectivity index (χ1) is 6.36. The van der Waals surface area contributed by atoms with Gasteiger partial charge in [0.1, 0.15) is 11.5 Å². The third-order valence-electron chi connectivity index (χ3n) is 2.50. The molecule has 0 amide bonds. The fraction of sp³-hybridized carbons (Fsp3) is 0.444. The van der Waals surface area contributed by atoms with E-state index in [0.29, 0.717) is 17.6 Å². The molecular weight excluding hydrogens is 186 g/mol. The molecule has 2 aliphatic rings.